The van der Waals surface area contributed by atoms with Crippen LogP contribution in [0.2, 0.25) is 5.02 Å². The lowest BCUT2D eigenvalue weighted by molar-refractivity contribution is 0.440. The quantitative estimate of drug-likeness (QED) is 0.831. The standard InChI is InChI=1S/C13H8ClF2N3O/c14-11-8(18)4-9(19)13(12(11)16)20-10-3-1-2-7(15)6(10)5-17/h1-4H,18-19H2. The van der Waals surface area contributed by atoms with E-state index in [9.17, 15) is 8.78 Å². The Morgan fingerprint density at radius 3 is 2.55 bits per heavy atom. The van der Waals surface area contributed by atoms with Gasteiger partial charge in [-0.15, -0.1) is 0 Å². The fourth-order valence-corrected chi connectivity index (χ4v) is 1.70. The molecule has 2 aromatic rings. The molecule has 102 valence electrons. The van der Waals surface area contributed by atoms with Gasteiger partial charge >= 0.3 is 0 Å². The predicted molar refractivity (Wildman–Crippen MR) is 71.4 cm³/mol. The van der Waals surface area contributed by atoms with E-state index in [1.807, 2.05) is 0 Å². The summed E-state index contributed by atoms with van der Waals surface area (Å²) in [7, 11) is 0. The molecule has 4 N–H and O–H groups in total. The van der Waals surface area contributed by atoms with Gasteiger partial charge in [-0.05, 0) is 18.2 Å². The lowest BCUT2D eigenvalue weighted by Gasteiger charge is -2.13. The minimum atomic E-state index is -0.975. The Kier molecular flexibility index (Phi) is 3.63. The van der Waals surface area contributed by atoms with Crippen LogP contribution in [0, 0.1) is 23.0 Å². The zero-order valence-corrected chi connectivity index (χ0v) is 10.7. The number of rotatable bonds is 2. The maximum Gasteiger partial charge on any atom is 0.188 e. The van der Waals surface area contributed by atoms with Crippen molar-refractivity contribution in [2.75, 3.05) is 11.5 Å². The van der Waals surface area contributed by atoms with E-state index < -0.39 is 17.4 Å². The van der Waals surface area contributed by atoms with Crippen LogP contribution in [0.4, 0.5) is 20.2 Å². The lowest BCUT2D eigenvalue weighted by Crippen LogP contribution is -2.01. The Hall–Kier alpha value is -2.52. The van der Waals surface area contributed by atoms with Gasteiger partial charge in [-0.2, -0.15) is 5.26 Å². The molecule has 2 rings (SSSR count). The first kappa shape index (κ1) is 13.9. The molecule has 0 aromatic heterocycles. The number of nitrogens with zero attached hydrogens (tertiary/aromatic N) is 1. The summed E-state index contributed by atoms with van der Waals surface area (Å²) in [6.07, 6.45) is 0. The summed E-state index contributed by atoms with van der Waals surface area (Å²) in [5.41, 5.74) is 10.5. The van der Waals surface area contributed by atoms with Gasteiger partial charge in [0.1, 0.15) is 28.2 Å². The van der Waals surface area contributed by atoms with E-state index in [0.29, 0.717) is 0 Å². The third-order valence-electron chi connectivity index (χ3n) is 2.52. The van der Waals surface area contributed by atoms with Crippen molar-refractivity contribution >= 4 is 23.0 Å². The smallest absolute Gasteiger partial charge is 0.188 e. The fourth-order valence-electron chi connectivity index (χ4n) is 1.56. The molecule has 0 amide bonds. The summed E-state index contributed by atoms with van der Waals surface area (Å²) < 4.78 is 32.6. The van der Waals surface area contributed by atoms with Crippen molar-refractivity contribution in [2.45, 2.75) is 0 Å². The number of nitriles is 1. The van der Waals surface area contributed by atoms with E-state index in [1.54, 1.807) is 6.07 Å². The number of hydrogen-bond donors (Lipinski definition) is 2. The summed E-state index contributed by atoms with van der Waals surface area (Å²) in [6.45, 7) is 0. The number of ether oxygens (including phenoxy) is 1. The first-order valence-corrected chi connectivity index (χ1v) is 5.73. The van der Waals surface area contributed by atoms with E-state index in [-0.39, 0.29) is 27.7 Å². The van der Waals surface area contributed by atoms with Crippen LogP contribution in [0.5, 0.6) is 11.5 Å². The van der Waals surface area contributed by atoms with Gasteiger partial charge in [0.15, 0.2) is 11.6 Å². The van der Waals surface area contributed by atoms with E-state index in [1.165, 1.54) is 18.2 Å². The molecule has 0 saturated carbocycles. The van der Waals surface area contributed by atoms with Crippen LogP contribution in [-0.2, 0) is 0 Å². The normalized spacial score (nSPS) is 10.1. The molecular weight excluding hydrogens is 288 g/mol. The Morgan fingerprint density at radius 2 is 1.90 bits per heavy atom. The largest absolute Gasteiger partial charge is 0.451 e. The lowest BCUT2D eigenvalue weighted by atomic mass is 10.2. The Balaban J connectivity index is 2.55. The maximum atomic E-state index is 14.0. The molecule has 0 fully saturated rings. The predicted octanol–water partition coefficient (Wildman–Crippen LogP) is 3.45. The molecular formula is C13H8ClF2N3O. The van der Waals surface area contributed by atoms with Gasteiger partial charge in [-0.3, -0.25) is 0 Å². The van der Waals surface area contributed by atoms with Crippen molar-refractivity contribution in [1.82, 2.24) is 0 Å². The molecule has 4 nitrogen and oxygen atoms in total. The van der Waals surface area contributed by atoms with Crippen molar-refractivity contribution in [2.24, 2.45) is 0 Å². The molecule has 0 unspecified atom stereocenters. The van der Waals surface area contributed by atoms with Gasteiger partial charge in [0.2, 0.25) is 0 Å². The van der Waals surface area contributed by atoms with Crippen LogP contribution in [0.25, 0.3) is 0 Å². The molecule has 0 bridgehead atoms. The van der Waals surface area contributed by atoms with Gasteiger partial charge in [-0.25, -0.2) is 8.78 Å². The topological polar surface area (TPSA) is 85.1 Å². The number of halogens is 3. The minimum absolute atomic E-state index is 0.0474. The molecule has 2 aromatic carbocycles. The third-order valence-corrected chi connectivity index (χ3v) is 2.90. The molecule has 20 heavy (non-hydrogen) atoms. The van der Waals surface area contributed by atoms with Crippen LogP contribution in [0.3, 0.4) is 0 Å². The van der Waals surface area contributed by atoms with Crippen molar-refractivity contribution in [1.29, 1.82) is 5.26 Å². The molecule has 0 radical (unpaired) electrons. The second kappa shape index (κ2) is 5.23. The van der Waals surface area contributed by atoms with E-state index in [4.69, 9.17) is 33.1 Å². The Bertz CT molecular complexity index is 729. The highest BCUT2D eigenvalue weighted by Gasteiger charge is 2.18. The van der Waals surface area contributed by atoms with Crippen LogP contribution >= 0.6 is 11.6 Å². The number of anilines is 2. The first-order chi connectivity index (χ1) is 9.45. The fraction of sp³-hybridized carbons (Fsp3) is 0. The zero-order valence-electron chi connectivity index (χ0n) is 9.95. The van der Waals surface area contributed by atoms with Crippen molar-refractivity contribution in [3.8, 4) is 17.6 Å². The van der Waals surface area contributed by atoms with E-state index in [2.05, 4.69) is 0 Å². The highest BCUT2D eigenvalue weighted by atomic mass is 35.5. The van der Waals surface area contributed by atoms with Gasteiger partial charge in [0.05, 0.1) is 11.4 Å². The van der Waals surface area contributed by atoms with Crippen LogP contribution in [0.15, 0.2) is 24.3 Å². The van der Waals surface area contributed by atoms with Gasteiger partial charge in [0.25, 0.3) is 0 Å². The van der Waals surface area contributed by atoms with Gasteiger partial charge < -0.3 is 16.2 Å². The third kappa shape index (κ3) is 2.31. The average Bonchev–Trinajstić information content (AvgIpc) is 2.41. The Labute approximate surface area is 118 Å². The molecule has 0 aliphatic heterocycles. The molecule has 0 atom stereocenters. The SMILES string of the molecule is N#Cc1c(F)cccc1Oc1c(N)cc(N)c(Cl)c1F. The summed E-state index contributed by atoms with van der Waals surface area (Å²) in [6, 6.07) is 6.56. The summed E-state index contributed by atoms with van der Waals surface area (Å²) >= 11 is 5.65. The second-order valence-corrected chi connectivity index (χ2v) is 4.22. The highest BCUT2D eigenvalue weighted by molar-refractivity contribution is 6.33. The molecule has 7 heteroatoms. The molecule has 0 spiro atoms. The summed E-state index contributed by atoms with van der Waals surface area (Å²) in [5, 5.41) is 8.52. The maximum absolute atomic E-state index is 14.0. The molecule has 0 aliphatic rings. The van der Waals surface area contributed by atoms with Crippen molar-refractivity contribution in [3.05, 3.63) is 46.5 Å². The minimum Gasteiger partial charge on any atom is -0.451 e. The summed E-state index contributed by atoms with van der Waals surface area (Å²) in [4.78, 5) is 0. The highest BCUT2D eigenvalue weighted by Crippen LogP contribution is 2.38. The van der Waals surface area contributed by atoms with Gasteiger partial charge in [0, 0.05) is 0 Å². The van der Waals surface area contributed by atoms with E-state index >= 15 is 0 Å². The van der Waals surface area contributed by atoms with Crippen LogP contribution in [0.1, 0.15) is 5.56 Å². The number of nitrogens with two attached hydrogens (primary N) is 2. The number of nitrogen functional groups attached to an aromatic ring is 2. The molecule has 0 saturated heterocycles. The summed E-state index contributed by atoms with van der Waals surface area (Å²) in [5.74, 6) is -2.34. The monoisotopic (exact) mass is 295 g/mol. The number of hydrogen-bond acceptors (Lipinski definition) is 4. The average molecular weight is 296 g/mol. The zero-order chi connectivity index (χ0) is 14.9. The molecule has 0 aliphatic carbocycles. The van der Waals surface area contributed by atoms with Gasteiger partial charge in [-0.1, -0.05) is 17.7 Å². The molecule has 0 heterocycles. The number of benzene rings is 2. The van der Waals surface area contributed by atoms with E-state index in [0.717, 1.165) is 6.07 Å². The van der Waals surface area contributed by atoms with Crippen molar-refractivity contribution < 1.29 is 13.5 Å². The Morgan fingerprint density at radius 1 is 1.20 bits per heavy atom. The van der Waals surface area contributed by atoms with Crippen molar-refractivity contribution in [3.63, 3.8) is 0 Å². The van der Waals surface area contributed by atoms with Crippen LogP contribution in [-0.4, -0.2) is 0 Å². The van der Waals surface area contributed by atoms with Crippen LogP contribution < -0.4 is 16.2 Å². The second-order valence-electron chi connectivity index (χ2n) is 3.84. The first-order valence-electron chi connectivity index (χ1n) is 5.35.